The number of rotatable bonds is 3. The third-order valence-electron chi connectivity index (χ3n) is 3.55. The van der Waals surface area contributed by atoms with E-state index in [9.17, 15) is 25.2 Å². The van der Waals surface area contributed by atoms with Crippen molar-refractivity contribution in [3.63, 3.8) is 0 Å². The number of carboxylic acids is 1. The molecule has 1 saturated heterocycles. The van der Waals surface area contributed by atoms with Crippen molar-refractivity contribution in [2.24, 2.45) is 5.92 Å². The zero-order valence-electron chi connectivity index (χ0n) is 10.8. The summed E-state index contributed by atoms with van der Waals surface area (Å²) >= 11 is 0. The molecule has 3 atom stereocenters. The summed E-state index contributed by atoms with van der Waals surface area (Å²) in [5.74, 6) is -2.47. The van der Waals surface area contributed by atoms with Gasteiger partial charge in [0.1, 0.15) is 17.6 Å². The molecule has 0 spiro atoms. The molecule has 0 amide bonds. The number of carboxylic acid groups (broad SMARTS) is 1. The lowest BCUT2D eigenvalue weighted by molar-refractivity contribution is -0.963. The third-order valence-corrected chi connectivity index (χ3v) is 3.55. The molecular formula is C10H18N2O6. The van der Waals surface area contributed by atoms with Gasteiger partial charge in [-0.15, -0.1) is 10.1 Å². The normalized spacial score (nSPS) is 33.7. The monoisotopic (exact) mass is 262 g/mol. The summed E-state index contributed by atoms with van der Waals surface area (Å²) in [5.41, 5.74) is -2.04. The molecule has 0 bridgehead atoms. The summed E-state index contributed by atoms with van der Waals surface area (Å²) in [6.07, 6.45) is -1.09. The van der Waals surface area contributed by atoms with Gasteiger partial charge in [-0.05, 0) is 27.7 Å². The molecule has 0 aromatic carbocycles. The molecule has 8 heteroatoms. The van der Waals surface area contributed by atoms with Crippen molar-refractivity contribution in [1.82, 2.24) is 0 Å². The van der Waals surface area contributed by atoms with Crippen LogP contribution in [0.5, 0.6) is 0 Å². The molecule has 1 aliphatic rings. The second-order valence-electron chi connectivity index (χ2n) is 5.82. The van der Waals surface area contributed by atoms with Crippen LogP contribution in [-0.2, 0) is 9.63 Å². The highest BCUT2D eigenvalue weighted by Gasteiger charge is 2.57. The average Bonchev–Trinajstić information content (AvgIpc) is 2.11. The van der Waals surface area contributed by atoms with Crippen LogP contribution in [0.25, 0.3) is 0 Å². The van der Waals surface area contributed by atoms with E-state index in [0.717, 1.165) is 0 Å². The van der Waals surface area contributed by atoms with E-state index in [4.69, 9.17) is 0 Å². The molecule has 3 unspecified atom stereocenters. The van der Waals surface area contributed by atoms with Gasteiger partial charge in [-0.2, -0.15) is 0 Å². The van der Waals surface area contributed by atoms with Gasteiger partial charge in [-0.1, -0.05) is 0 Å². The lowest BCUT2D eigenvalue weighted by Gasteiger charge is -2.56. The summed E-state index contributed by atoms with van der Waals surface area (Å²) in [6, 6.07) is 0. The van der Waals surface area contributed by atoms with Gasteiger partial charge >= 0.3 is 5.97 Å². The van der Waals surface area contributed by atoms with Crippen LogP contribution in [0.1, 0.15) is 34.1 Å². The first kappa shape index (κ1) is 14.7. The van der Waals surface area contributed by atoms with Gasteiger partial charge in [-0.25, -0.2) is 0 Å². The molecule has 1 heterocycles. The number of hydroxylamine groups is 2. The highest BCUT2D eigenvalue weighted by molar-refractivity contribution is 5.72. The van der Waals surface area contributed by atoms with Gasteiger partial charge in [0, 0.05) is 6.42 Å². The maximum atomic E-state index is 12.2. The molecule has 1 rings (SSSR count). The van der Waals surface area contributed by atoms with E-state index in [0.29, 0.717) is 0 Å². The fourth-order valence-electron chi connectivity index (χ4n) is 2.87. The SMILES string of the molecule is CC1(C)CC(O[N+](=O)[O-])C(C(=O)O)C(C)(C)[NH+]1[O-]. The van der Waals surface area contributed by atoms with Crippen LogP contribution in [-0.4, -0.2) is 33.3 Å². The van der Waals surface area contributed by atoms with Crippen molar-refractivity contribution in [2.75, 3.05) is 0 Å². The van der Waals surface area contributed by atoms with Crippen molar-refractivity contribution >= 4 is 5.97 Å². The molecule has 0 aliphatic carbocycles. The molecular weight excluding hydrogens is 244 g/mol. The Labute approximate surface area is 104 Å². The summed E-state index contributed by atoms with van der Waals surface area (Å²) in [6.45, 7) is 6.27. The topological polar surface area (TPSA) is 117 Å². The summed E-state index contributed by atoms with van der Waals surface area (Å²) < 4.78 is 0. The number of aliphatic carboxylic acids is 1. The van der Waals surface area contributed by atoms with Crippen molar-refractivity contribution in [3.8, 4) is 0 Å². The Morgan fingerprint density at radius 3 is 2.33 bits per heavy atom. The Balaban J connectivity index is 3.16. The lowest BCUT2D eigenvalue weighted by atomic mass is 9.72. The minimum Gasteiger partial charge on any atom is -0.634 e. The first-order valence-corrected chi connectivity index (χ1v) is 5.59. The standard InChI is InChI=1S/C10H18N2O6/c1-9(2)5-6(18-12(16)17)7(8(13)14)10(3,4)11(9)15/h6-7,11H,5H2,1-4H3,(H,13,14). The van der Waals surface area contributed by atoms with Crippen molar-refractivity contribution in [1.29, 1.82) is 0 Å². The Morgan fingerprint density at radius 1 is 1.44 bits per heavy atom. The number of nitrogens with one attached hydrogen (secondary N) is 1. The summed E-state index contributed by atoms with van der Waals surface area (Å²) in [4.78, 5) is 26.2. The number of hydrogen-bond acceptors (Lipinski definition) is 5. The quantitative estimate of drug-likeness (QED) is 0.406. The van der Waals surface area contributed by atoms with Crippen LogP contribution in [0.4, 0.5) is 0 Å². The minimum atomic E-state index is -1.25. The largest absolute Gasteiger partial charge is 0.634 e. The molecule has 18 heavy (non-hydrogen) atoms. The van der Waals surface area contributed by atoms with Crippen LogP contribution in [0.3, 0.4) is 0 Å². The Kier molecular flexibility index (Phi) is 3.55. The van der Waals surface area contributed by atoms with Crippen LogP contribution >= 0.6 is 0 Å². The number of piperidine rings is 1. The van der Waals surface area contributed by atoms with E-state index in [1.807, 2.05) is 0 Å². The second-order valence-corrected chi connectivity index (χ2v) is 5.82. The van der Waals surface area contributed by atoms with E-state index in [-0.39, 0.29) is 11.5 Å². The maximum absolute atomic E-state index is 12.2. The molecule has 0 aromatic heterocycles. The Morgan fingerprint density at radius 2 is 1.94 bits per heavy atom. The van der Waals surface area contributed by atoms with Crippen LogP contribution in [0.2, 0.25) is 0 Å². The lowest BCUT2D eigenvalue weighted by Crippen LogP contribution is -3.24. The van der Waals surface area contributed by atoms with Crippen molar-refractivity contribution in [3.05, 3.63) is 15.3 Å². The molecule has 2 N–H and O–H groups in total. The molecule has 0 saturated carbocycles. The first-order valence-electron chi connectivity index (χ1n) is 5.59. The number of nitrogens with zero attached hydrogens (tertiary/aromatic N) is 1. The zero-order valence-corrected chi connectivity index (χ0v) is 10.8. The molecule has 8 nitrogen and oxygen atoms in total. The Hall–Kier alpha value is -1.41. The maximum Gasteiger partial charge on any atom is 0.315 e. The third kappa shape index (κ3) is 2.39. The number of carbonyl (C=O) groups is 1. The molecule has 1 fully saturated rings. The molecule has 1 aliphatic heterocycles. The van der Waals surface area contributed by atoms with Crippen molar-refractivity contribution < 1.29 is 24.9 Å². The number of quaternary nitrogens is 1. The van der Waals surface area contributed by atoms with E-state index >= 15 is 0 Å². The molecule has 104 valence electrons. The van der Waals surface area contributed by atoms with Gasteiger partial charge in [0.05, 0.1) is 5.54 Å². The van der Waals surface area contributed by atoms with Crippen LogP contribution in [0.15, 0.2) is 0 Å². The number of hydrogen-bond donors (Lipinski definition) is 2. The smallest absolute Gasteiger partial charge is 0.315 e. The summed E-state index contributed by atoms with van der Waals surface area (Å²) in [7, 11) is 0. The van der Waals surface area contributed by atoms with E-state index < -0.39 is 34.2 Å². The predicted molar refractivity (Wildman–Crippen MR) is 60.1 cm³/mol. The highest BCUT2D eigenvalue weighted by Crippen LogP contribution is 2.31. The zero-order chi connectivity index (χ0) is 14.3. The van der Waals surface area contributed by atoms with E-state index in [1.165, 1.54) is 13.8 Å². The highest BCUT2D eigenvalue weighted by atomic mass is 17.0. The fraction of sp³-hybridized carbons (Fsp3) is 0.900. The van der Waals surface area contributed by atoms with E-state index in [2.05, 4.69) is 4.84 Å². The minimum absolute atomic E-state index is 0.0210. The van der Waals surface area contributed by atoms with Gasteiger partial charge < -0.3 is 20.2 Å². The predicted octanol–water partition coefficient (Wildman–Crippen LogP) is -0.392. The fourth-order valence-corrected chi connectivity index (χ4v) is 2.87. The van der Waals surface area contributed by atoms with Gasteiger partial charge in [0.15, 0.2) is 0 Å². The average molecular weight is 262 g/mol. The summed E-state index contributed by atoms with van der Waals surface area (Å²) in [5, 5.41) is 30.6. The van der Waals surface area contributed by atoms with Gasteiger partial charge in [0.25, 0.3) is 5.09 Å². The molecule has 0 aromatic rings. The second kappa shape index (κ2) is 4.36. The van der Waals surface area contributed by atoms with E-state index in [1.54, 1.807) is 13.8 Å². The first-order chi connectivity index (χ1) is 8.00. The Bertz CT molecular complexity index is 367. The van der Waals surface area contributed by atoms with Crippen LogP contribution < -0.4 is 5.06 Å². The van der Waals surface area contributed by atoms with Gasteiger partial charge in [-0.3, -0.25) is 4.79 Å². The van der Waals surface area contributed by atoms with Crippen LogP contribution in [0, 0.1) is 21.2 Å². The molecule has 0 radical (unpaired) electrons. The van der Waals surface area contributed by atoms with Gasteiger partial charge in [0.2, 0.25) is 0 Å². The van der Waals surface area contributed by atoms with Crippen molar-refractivity contribution in [2.45, 2.75) is 51.3 Å².